The van der Waals surface area contributed by atoms with Gasteiger partial charge in [-0.2, -0.15) is 0 Å². The maximum Gasteiger partial charge on any atom is 0.469 e. The molecule has 0 spiro atoms. The topological polar surface area (TPSA) is 133 Å². The molecule has 3 rings (SSSR count). The molecule has 0 bridgehead atoms. The lowest BCUT2D eigenvalue weighted by atomic mass is 10.0. The fourth-order valence-electron chi connectivity index (χ4n) is 2.80. The number of phosphoric acid groups is 1. The Morgan fingerprint density at radius 2 is 2.22 bits per heavy atom. The molecule has 0 aromatic carbocycles. The van der Waals surface area contributed by atoms with Crippen LogP contribution in [0.2, 0.25) is 0 Å². The van der Waals surface area contributed by atoms with Crippen molar-refractivity contribution < 1.29 is 23.6 Å². The van der Waals surface area contributed by atoms with Gasteiger partial charge in [0.2, 0.25) is 0 Å². The third kappa shape index (κ3) is 3.88. The summed E-state index contributed by atoms with van der Waals surface area (Å²) in [4.78, 5) is 25.8. The zero-order chi connectivity index (χ0) is 16.4. The molecule has 2 aromatic rings. The molecule has 1 aliphatic heterocycles. The highest BCUT2D eigenvalue weighted by atomic mass is 31.2. The number of nitrogens with two attached hydrogens (primary N) is 1. The second-order valence-corrected chi connectivity index (χ2v) is 6.88. The highest BCUT2D eigenvalue weighted by Gasteiger charge is 2.24. The van der Waals surface area contributed by atoms with Crippen LogP contribution in [-0.2, 0) is 13.8 Å². The number of nitrogens with zero attached hydrogens (tertiary/aromatic N) is 3. The van der Waals surface area contributed by atoms with Crippen LogP contribution in [0.4, 0.5) is 5.82 Å². The van der Waals surface area contributed by atoms with E-state index in [4.69, 9.17) is 20.3 Å². The van der Waals surface area contributed by atoms with E-state index >= 15 is 0 Å². The molecule has 23 heavy (non-hydrogen) atoms. The first-order valence-corrected chi connectivity index (χ1v) is 8.82. The normalized spacial score (nSPS) is 23.0. The number of ether oxygens (including phenoxy) is 1. The number of rotatable bonds is 4. The molecule has 9 nitrogen and oxygen atoms in total. The molecule has 0 radical (unpaired) electrons. The average Bonchev–Trinajstić information content (AvgIpc) is 2.78. The Hall–Kier alpha value is -1.51. The molecule has 1 saturated heterocycles. The van der Waals surface area contributed by atoms with E-state index in [0.717, 1.165) is 23.9 Å². The molecule has 3 heterocycles. The predicted molar refractivity (Wildman–Crippen MR) is 82.5 cm³/mol. The average molecular weight is 342 g/mol. The lowest BCUT2D eigenvalue weighted by molar-refractivity contribution is 0.0739. The van der Waals surface area contributed by atoms with Crippen LogP contribution in [0, 0.1) is 5.92 Å². The molecule has 2 aromatic heterocycles. The summed E-state index contributed by atoms with van der Waals surface area (Å²) < 4.78 is 23.0. The van der Waals surface area contributed by atoms with Crippen LogP contribution >= 0.6 is 7.82 Å². The molecule has 0 saturated carbocycles. The minimum Gasteiger partial charge on any atom is -0.383 e. The van der Waals surface area contributed by atoms with Crippen molar-refractivity contribution in [2.45, 2.75) is 18.9 Å². The van der Waals surface area contributed by atoms with Crippen molar-refractivity contribution in [2.75, 3.05) is 25.6 Å². The Morgan fingerprint density at radius 3 is 3.00 bits per heavy atom. The minimum atomic E-state index is -4.44. The molecule has 10 heteroatoms. The molecule has 126 valence electrons. The van der Waals surface area contributed by atoms with Gasteiger partial charge in [-0.15, -0.1) is 0 Å². The van der Waals surface area contributed by atoms with Crippen LogP contribution < -0.4 is 5.73 Å². The van der Waals surface area contributed by atoms with Crippen LogP contribution in [0.15, 0.2) is 18.6 Å². The Kier molecular flexibility index (Phi) is 4.65. The smallest absolute Gasteiger partial charge is 0.383 e. The number of aromatic nitrogens is 3. The molecule has 0 amide bonds. The first kappa shape index (κ1) is 16.4. The van der Waals surface area contributed by atoms with Crippen molar-refractivity contribution in [1.82, 2.24) is 14.5 Å². The fraction of sp³-hybridized carbons (Fsp3) is 0.538. The van der Waals surface area contributed by atoms with E-state index in [0.29, 0.717) is 19.0 Å². The van der Waals surface area contributed by atoms with Gasteiger partial charge in [0.25, 0.3) is 0 Å². The Bertz CT molecular complexity index is 730. The third-order valence-corrected chi connectivity index (χ3v) is 4.47. The summed E-state index contributed by atoms with van der Waals surface area (Å²) in [7, 11) is -4.44. The Labute approximate surface area is 132 Å². The van der Waals surface area contributed by atoms with E-state index in [9.17, 15) is 4.57 Å². The molecular weight excluding hydrogens is 323 g/mol. The number of nitrogen functional groups attached to an aromatic ring is 1. The third-order valence-electron chi connectivity index (χ3n) is 3.98. The molecule has 1 aliphatic rings. The van der Waals surface area contributed by atoms with Gasteiger partial charge in [0.05, 0.1) is 31.2 Å². The lowest BCUT2D eigenvalue weighted by Crippen LogP contribution is -2.14. The molecular formula is C13H19N4O5P. The largest absolute Gasteiger partial charge is 0.469 e. The van der Waals surface area contributed by atoms with Crippen molar-refractivity contribution in [3.8, 4) is 0 Å². The summed E-state index contributed by atoms with van der Waals surface area (Å²) in [6, 6.07) is 1.96. The minimum absolute atomic E-state index is 0.0153. The number of hydrogen-bond acceptors (Lipinski definition) is 6. The van der Waals surface area contributed by atoms with Gasteiger partial charge in [0.1, 0.15) is 17.8 Å². The maximum atomic E-state index is 10.8. The highest BCUT2D eigenvalue weighted by molar-refractivity contribution is 7.46. The van der Waals surface area contributed by atoms with E-state index in [1.165, 1.54) is 6.33 Å². The Morgan fingerprint density at radius 1 is 1.39 bits per heavy atom. The van der Waals surface area contributed by atoms with Gasteiger partial charge in [-0.1, -0.05) is 0 Å². The molecule has 0 aliphatic carbocycles. The van der Waals surface area contributed by atoms with Crippen molar-refractivity contribution in [3.05, 3.63) is 18.6 Å². The van der Waals surface area contributed by atoms with E-state index in [-0.39, 0.29) is 18.6 Å². The summed E-state index contributed by atoms with van der Waals surface area (Å²) in [5.74, 6) is 0.394. The van der Waals surface area contributed by atoms with E-state index in [1.54, 1.807) is 0 Å². The van der Waals surface area contributed by atoms with Crippen molar-refractivity contribution in [3.63, 3.8) is 0 Å². The van der Waals surface area contributed by atoms with Gasteiger partial charge in [0.15, 0.2) is 0 Å². The summed E-state index contributed by atoms with van der Waals surface area (Å²) in [5, 5.41) is 0.804. The quantitative estimate of drug-likeness (QED) is 0.703. The van der Waals surface area contributed by atoms with Gasteiger partial charge >= 0.3 is 7.82 Å². The second-order valence-electron chi connectivity index (χ2n) is 5.64. The standard InChI is InChI=1S/C13H19N4O5P/c14-12-11-3-4-17(13(11)16-8-15-12)10-2-1-9(5-21-7-10)6-22-23(18,19)20/h3-4,8-10H,1-2,5-7H2,(H2,14,15,16)(H2,18,19,20)/t9?,10-/m1/s1. The number of fused-ring (bicyclic) bond motifs is 1. The van der Waals surface area contributed by atoms with Gasteiger partial charge in [-0.05, 0) is 18.9 Å². The van der Waals surface area contributed by atoms with Crippen molar-refractivity contribution >= 4 is 24.7 Å². The molecule has 1 unspecified atom stereocenters. The molecule has 1 fully saturated rings. The van der Waals surface area contributed by atoms with E-state index in [1.807, 2.05) is 16.8 Å². The molecule has 4 N–H and O–H groups in total. The first-order chi connectivity index (χ1) is 10.9. The van der Waals surface area contributed by atoms with E-state index in [2.05, 4.69) is 14.5 Å². The highest BCUT2D eigenvalue weighted by Crippen LogP contribution is 2.37. The monoisotopic (exact) mass is 342 g/mol. The summed E-state index contributed by atoms with van der Waals surface area (Å²) >= 11 is 0. The summed E-state index contributed by atoms with van der Waals surface area (Å²) in [6.45, 7) is 0.894. The van der Waals surface area contributed by atoms with Crippen LogP contribution in [0.1, 0.15) is 18.9 Å². The SMILES string of the molecule is Nc1ncnc2c1ccn2[C@@H]1CCC(COP(=O)(O)O)COC1. The predicted octanol–water partition coefficient (Wildman–Crippen LogP) is 1.09. The van der Waals surface area contributed by atoms with Gasteiger partial charge in [0, 0.05) is 12.1 Å². The van der Waals surface area contributed by atoms with Crippen LogP contribution in [0.5, 0.6) is 0 Å². The lowest BCUT2D eigenvalue weighted by Gasteiger charge is -2.17. The second kappa shape index (κ2) is 6.54. The van der Waals surface area contributed by atoms with Crippen LogP contribution in [0.3, 0.4) is 0 Å². The maximum absolute atomic E-state index is 10.8. The van der Waals surface area contributed by atoms with Gasteiger partial charge < -0.3 is 24.8 Å². The summed E-state index contributed by atoms with van der Waals surface area (Å²) in [6.07, 6.45) is 4.88. The van der Waals surface area contributed by atoms with Gasteiger partial charge in [-0.3, -0.25) is 4.52 Å². The van der Waals surface area contributed by atoms with Crippen molar-refractivity contribution in [2.24, 2.45) is 5.92 Å². The van der Waals surface area contributed by atoms with E-state index < -0.39 is 7.82 Å². The number of phosphoric ester groups is 1. The zero-order valence-electron chi connectivity index (χ0n) is 12.4. The first-order valence-electron chi connectivity index (χ1n) is 7.29. The van der Waals surface area contributed by atoms with Crippen molar-refractivity contribution in [1.29, 1.82) is 0 Å². The Balaban J connectivity index is 1.70. The van der Waals surface area contributed by atoms with Crippen LogP contribution in [0.25, 0.3) is 11.0 Å². The fourth-order valence-corrected chi connectivity index (χ4v) is 3.21. The number of anilines is 1. The van der Waals surface area contributed by atoms with Crippen LogP contribution in [-0.4, -0.2) is 44.1 Å². The number of hydrogen-bond donors (Lipinski definition) is 3. The molecule has 2 atom stereocenters. The van der Waals surface area contributed by atoms with Gasteiger partial charge in [-0.25, -0.2) is 14.5 Å². The summed E-state index contributed by atoms with van der Waals surface area (Å²) in [5.41, 5.74) is 6.61. The zero-order valence-corrected chi connectivity index (χ0v) is 13.3.